The van der Waals surface area contributed by atoms with Gasteiger partial charge >= 0.3 is 0 Å². The van der Waals surface area contributed by atoms with Gasteiger partial charge in [-0.25, -0.2) is 0 Å². The van der Waals surface area contributed by atoms with Crippen LogP contribution in [0.25, 0.3) is 5.57 Å². The third-order valence-corrected chi connectivity index (χ3v) is 13.0. The molecule has 4 fully saturated rings. The molecule has 2 aromatic rings. The molecule has 3 saturated carbocycles. The second kappa shape index (κ2) is 12.6. The van der Waals surface area contributed by atoms with Crippen molar-refractivity contribution in [3.05, 3.63) is 67.9 Å². The molecule has 2 N–H and O–H groups in total. The molecule has 2 bridgehead atoms. The van der Waals surface area contributed by atoms with Crippen LogP contribution in [0, 0.1) is 37.5 Å². The molecule has 7 rings (SSSR count). The van der Waals surface area contributed by atoms with Crippen LogP contribution in [0.3, 0.4) is 0 Å². The Hall–Kier alpha value is -1.84. The van der Waals surface area contributed by atoms with Gasteiger partial charge in [0.15, 0.2) is 0 Å². The number of aromatic hydroxyl groups is 1. The Bertz CT molecular complexity index is 1310. The highest BCUT2D eigenvalue weighted by Crippen LogP contribution is 2.51. The van der Waals surface area contributed by atoms with Crippen molar-refractivity contribution >= 4 is 16.9 Å². The molecule has 1 aliphatic heterocycles. The topological polar surface area (TPSA) is 42.2 Å². The van der Waals surface area contributed by atoms with Gasteiger partial charge in [0, 0.05) is 22.9 Å². The molecule has 5 atom stereocenters. The number of allylic oxidation sites excluding steroid dienone is 2. The second-order valence-electron chi connectivity index (χ2n) is 14.8. The summed E-state index contributed by atoms with van der Waals surface area (Å²) in [5.74, 6) is 4.30. The van der Waals surface area contributed by atoms with E-state index >= 15 is 0 Å². The fourth-order valence-electron chi connectivity index (χ4n) is 9.37. The minimum absolute atomic E-state index is 0.429. The largest absolute Gasteiger partial charge is 0.506 e. The van der Waals surface area contributed by atoms with Gasteiger partial charge in [-0.3, -0.25) is 5.32 Å². The lowest BCUT2D eigenvalue weighted by Crippen LogP contribution is -2.13. The van der Waals surface area contributed by atoms with Gasteiger partial charge in [-0.15, -0.1) is 11.3 Å². The Morgan fingerprint density at radius 3 is 2.43 bits per heavy atom. The third kappa shape index (κ3) is 6.20. The molecule has 5 aliphatic rings. The third-order valence-electron chi connectivity index (χ3n) is 11.9. The Morgan fingerprint density at radius 1 is 0.881 bits per heavy atom. The normalized spacial score (nSPS) is 29.1. The second-order valence-corrected chi connectivity index (χ2v) is 16.1. The van der Waals surface area contributed by atoms with E-state index in [1.807, 2.05) is 11.3 Å². The van der Waals surface area contributed by atoms with Gasteiger partial charge in [-0.05, 0) is 98.3 Å². The molecule has 1 aromatic heterocycles. The van der Waals surface area contributed by atoms with Crippen molar-refractivity contribution in [3.63, 3.8) is 0 Å². The predicted octanol–water partition coefficient (Wildman–Crippen LogP) is 10.2. The van der Waals surface area contributed by atoms with Crippen LogP contribution in [0.1, 0.15) is 123 Å². The van der Waals surface area contributed by atoms with E-state index in [0.29, 0.717) is 17.8 Å². The van der Waals surface area contributed by atoms with Crippen LogP contribution in [-0.4, -0.2) is 17.2 Å². The van der Waals surface area contributed by atoms with Gasteiger partial charge in [-0.2, -0.15) is 0 Å². The highest BCUT2D eigenvalue weighted by atomic mass is 32.1. The lowest BCUT2D eigenvalue weighted by Gasteiger charge is -2.22. The van der Waals surface area contributed by atoms with E-state index in [0.717, 1.165) is 36.5 Å². The molecule has 42 heavy (non-hydrogen) atoms. The van der Waals surface area contributed by atoms with Crippen LogP contribution in [0.4, 0.5) is 0 Å². The number of nitrogens with one attached hydrogen (secondary N) is 1. The summed E-state index contributed by atoms with van der Waals surface area (Å²) in [6.45, 7) is 4.44. The summed E-state index contributed by atoms with van der Waals surface area (Å²) in [6, 6.07) is 9.99. The van der Waals surface area contributed by atoms with Crippen LogP contribution < -0.4 is 5.32 Å². The van der Waals surface area contributed by atoms with Crippen molar-refractivity contribution < 1.29 is 5.11 Å². The summed E-state index contributed by atoms with van der Waals surface area (Å²) < 4.78 is 0. The molecule has 0 spiro atoms. The number of unbranched alkanes of at least 4 members (excludes halogenated alkanes) is 2. The first-order chi connectivity index (χ1) is 20.5. The minimum Gasteiger partial charge on any atom is -0.506 e. The number of benzene rings is 1. The fraction of sp³-hybridized carbons (Fsp3) is 0.641. The first-order valence-corrected chi connectivity index (χ1v) is 18.4. The SMILES string of the molecule is Cc1ccc(C2=CC(CCCCCC3CCCCCC3)=C(Cc3sc(C)c(CC4CC5CCC4C5)c3O)C3NC23)cc1. The number of hydrogen-bond acceptors (Lipinski definition) is 3. The van der Waals surface area contributed by atoms with Crippen LogP contribution in [0.5, 0.6) is 5.75 Å². The van der Waals surface area contributed by atoms with E-state index in [9.17, 15) is 5.11 Å². The Balaban J connectivity index is 1.08. The van der Waals surface area contributed by atoms with Crippen LogP contribution in [0.15, 0.2) is 41.5 Å². The first-order valence-electron chi connectivity index (χ1n) is 17.6. The van der Waals surface area contributed by atoms with Crippen molar-refractivity contribution in [2.24, 2.45) is 23.7 Å². The van der Waals surface area contributed by atoms with E-state index in [-0.39, 0.29) is 0 Å². The monoisotopic (exact) mass is 583 g/mol. The van der Waals surface area contributed by atoms with Crippen molar-refractivity contribution in [1.29, 1.82) is 0 Å². The molecule has 5 unspecified atom stereocenters. The van der Waals surface area contributed by atoms with Crippen molar-refractivity contribution in [3.8, 4) is 5.75 Å². The Kier molecular flexibility index (Phi) is 8.70. The average Bonchev–Trinajstić information content (AvgIpc) is 3.53. The maximum Gasteiger partial charge on any atom is 0.133 e. The molecule has 0 radical (unpaired) electrons. The maximum atomic E-state index is 11.6. The van der Waals surface area contributed by atoms with E-state index in [4.69, 9.17) is 0 Å². The van der Waals surface area contributed by atoms with Gasteiger partial charge in [0.2, 0.25) is 0 Å². The zero-order valence-electron chi connectivity index (χ0n) is 26.2. The molecule has 1 aromatic carbocycles. The standard InChI is InChI=1S/C39H53NOS/c1-25-14-17-29(18-15-25)34-22-31(13-9-5-8-12-27-10-6-3-4-7-11-27)35(38-37(34)40-38)24-36-39(41)33(26(2)42-36)23-32-21-28-16-19-30(32)20-28/h14-15,17-18,22,27-28,30,32,37-38,40-41H,3-13,16,19-21,23-24H2,1-2H3. The zero-order chi connectivity index (χ0) is 28.6. The lowest BCUT2D eigenvalue weighted by atomic mass is 9.83. The smallest absolute Gasteiger partial charge is 0.133 e. The predicted molar refractivity (Wildman–Crippen MR) is 178 cm³/mol. The van der Waals surface area contributed by atoms with Crippen molar-refractivity contribution in [2.45, 2.75) is 135 Å². The van der Waals surface area contributed by atoms with Gasteiger partial charge in [0.05, 0.1) is 10.9 Å². The van der Waals surface area contributed by atoms with Crippen LogP contribution in [-0.2, 0) is 12.8 Å². The molecular formula is C39H53NOS. The number of rotatable bonds is 11. The summed E-state index contributed by atoms with van der Waals surface area (Å²) in [5.41, 5.74) is 8.55. The molecule has 1 saturated heterocycles. The first kappa shape index (κ1) is 28.9. The fourth-order valence-corrected chi connectivity index (χ4v) is 10.5. The summed E-state index contributed by atoms with van der Waals surface area (Å²) in [5, 5.41) is 15.4. The number of aryl methyl sites for hydroxylation is 2. The molecule has 226 valence electrons. The molecule has 3 heteroatoms. The lowest BCUT2D eigenvalue weighted by molar-refractivity contribution is 0.327. The summed E-state index contributed by atoms with van der Waals surface area (Å²) in [7, 11) is 0. The van der Waals surface area contributed by atoms with E-state index in [1.54, 1.807) is 11.1 Å². The quantitative estimate of drug-likeness (QED) is 0.157. The minimum atomic E-state index is 0.429. The maximum absolute atomic E-state index is 11.6. The average molecular weight is 584 g/mol. The number of hydrogen-bond donors (Lipinski definition) is 2. The molecule has 0 amide bonds. The van der Waals surface area contributed by atoms with Gasteiger partial charge in [0.25, 0.3) is 0 Å². The Morgan fingerprint density at radius 2 is 1.69 bits per heavy atom. The molecule has 2 nitrogen and oxygen atoms in total. The highest BCUT2D eigenvalue weighted by molar-refractivity contribution is 7.12. The number of fused-ring (bicyclic) bond motifs is 3. The summed E-state index contributed by atoms with van der Waals surface area (Å²) >= 11 is 1.88. The molecule has 4 aliphatic carbocycles. The summed E-state index contributed by atoms with van der Waals surface area (Å²) in [4.78, 5) is 2.57. The Labute approximate surface area is 259 Å². The van der Waals surface area contributed by atoms with E-state index in [1.165, 1.54) is 128 Å². The summed E-state index contributed by atoms with van der Waals surface area (Å²) in [6.07, 6.45) is 25.7. The van der Waals surface area contributed by atoms with Crippen molar-refractivity contribution in [1.82, 2.24) is 5.32 Å². The highest BCUT2D eigenvalue weighted by Gasteiger charge is 2.46. The van der Waals surface area contributed by atoms with Gasteiger partial charge < -0.3 is 5.11 Å². The number of thiophene rings is 1. The molecular weight excluding hydrogens is 531 g/mol. The van der Waals surface area contributed by atoms with E-state index < -0.39 is 0 Å². The van der Waals surface area contributed by atoms with Crippen molar-refractivity contribution in [2.75, 3.05) is 0 Å². The molecule has 2 heterocycles. The van der Waals surface area contributed by atoms with Gasteiger partial charge in [0.1, 0.15) is 5.75 Å². The van der Waals surface area contributed by atoms with Gasteiger partial charge in [-0.1, -0.05) is 100 Å². The zero-order valence-corrected chi connectivity index (χ0v) is 27.0. The van der Waals surface area contributed by atoms with Crippen LogP contribution in [0.2, 0.25) is 0 Å². The van der Waals surface area contributed by atoms with Crippen LogP contribution >= 0.6 is 11.3 Å². The van der Waals surface area contributed by atoms with E-state index in [2.05, 4.69) is 49.5 Å².